The first-order valence-corrected chi connectivity index (χ1v) is 9.61. The largest absolute Gasteiger partial charge is 0.353 e. The van der Waals surface area contributed by atoms with Gasteiger partial charge in [0.05, 0.1) is 0 Å². The quantitative estimate of drug-likeness (QED) is 0.796. The molecule has 156 valence electrons. The van der Waals surface area contributed by atoms with Crippen LogP contribution >= 0.6 is 24.8 Å². The number of hydrogen-bond donors (Lipinski definition) is 1. The molecule has 2 fully saturated rings. The van der Waals surface area contributed by atoms with Crippen LogP contribution in [0.1, 0.15) is 31.4 Å². The molecule has 0 unspecified atom stereocenters. The molecule has 28 heavy (non-hydrogen) atoms. The average Bonchev–Trinajstić information content (AvgIpc) is 3.15. The third-order valence-electron chi connectivity index (χ3n) is 5.54. The van der Waals surface area contributed by atoms with Crippen LogP contribution in [0.3, 0.4) is 0 Å². The molecule has 0 atom stereocenters. The number of rotatable bonds is 4. The van der Waals surface area contributed by atoms with Gasteiger partial charge in [0.2, 0.25) is 5.91 Å². The van der Waals surface area contributed by atoms with E-state index in [0.29, 0.717) is 24.0 Å². The first-order valence-electron chi connectivity index (χ1n) is 9.61. The Morgan fingerprint density at radius 2 is 1.89 bits per heavy atom. The Hall–Kier alpha value is -1.64. The van der Waals surface area contributed by atoms with Gasteiger partial charge in [0, 0.05) is 44.4 Å². The van der Waals surface area contributed by atoms with Crippen molar-refractivity contribution in [1.29, 1.82) is 0 Å². The fourth-order valence-electron chi connectivity index (χ4n) is 3.98. The molecule has 10 heteroatoms. The third-order valence-corrected chi connectivity index (χ3v) is 5.54. The van der Waals surface area contributed by atoms with Crippen molar-refractivity contribution in [3.05, 3.63) is 18.1 Å². The lowest BCUT2D eigenvalue weighted by molar-refractivity contribution is -0.131. The van der Waals surface area contributed by atoms with Gasteiger partial charge in [0.25, 0.3) is 5.78 Å². The standard InChI is InChI=1S/C18H27N7O.2ClH/c1-14-12-16(25-18(22-14)20-13-21-25)23-8-10-24(11-9-23)17(26)3-2-15-4-6-19-7-5-15;;/h12-13,15,19H,2-11H2,1H3;2*1H. The fraction of sp³-hybridized carbons (Fsp3) is 0.667. The Labute approximate surface area is 177 Å². The molecule has 4 heterocycles. The topological polar surface area (TPSA) is 78.7 Å². The minimum atomic E-state index is 0. The van der Waals surface area contributed by atoms with E-state index in [9.17, 15) is 4.79 Å². The summed E-state index contributed by atoms with van der Waals surface area (Å²) in [5.41, 5.74) is 0.931. The highest BCUT2D eigenvalue weighted by Gasteiger charge is 2.24. The van der Waals surface area contributed by atoms with E-state index in [-0.39, 0.29) is 24.8 Å². The molecule has 0 aromatic carbocycles. The van der Waals surface area contributed by atoms with Gasteiger partial charge in [0.1, 0.15) is 12.1 Å². The highest BCUT2D eigenvalue weighted by Crippen LogP contribution is 2.20. The lowest BCUT2D eigenvalue weighted by Crippen LogP contribution is -2.49. The number of anilines is 1. The number of halogens is 2. The van der Waals surface area contributed by atoms with Crippen molar-refractivity contribution < 1.29 is 4.79 Å². The maximum absolute atomic E-state index is 12.6. The van der Waals surface area contributed by atoms with Crippen LogP contribution in [0.15, 0.2) is 12.4 Å². The van der Waals surface area contributed by atoms with Gasteiger partial charge < -0.3 is 15.1 Å². The Bertz CT molecular complexity index is 770. The number of piperidine rings is 1. The molecule has 1 N–H and O–H groups in total. The summed E-state index contributed by atoms with van der Waals surface area (Å²) in [5, 5.41) is 7.67. The number of carbonyl (C=O) groups is 1. The molecule has 2 saturated heterocycles. The molecule has 2 aliphatic rings. The van der Waals surface area contributed by atoms with Gasteiger partial charge in [-0.15, -0.1) is 24.8 Å². The molecular weight excluding hydrogens is 401 g/mol. The molecule has 2 aromatic heterocycles. The molecule has 0 bridgehead atoms. The van der Waals surface area contributed by atoms with Crippen molar-refractivity contribution in [3.63, 3.8) is 0 Å². The number of piperazine rings is 1. The number of hydrogen-bond acceptors (Lipinski definition) is 6. The van der Waals surface area contributed by atoms with Gasteiger partial charge in [-0.25, -0.2) is 4.98 Å². The van der Waals surface area contributed by atoms with Gasteiger partial charge in [-0.1, -0.05) is 0 Å². The second-order valence-electron chi connectivity index (χ2n) is 7.33. The summed E-state index contributed by atoms with van der Waals surface area (Å²) in [6.45, 7) is 7.33. The number of nitrogens with zero attached hydrogens (tertiary/aromatic N) is 6. The van der Waals surface area contributed by atoms with Gasteiger partial charge in [-0.2, -0.15) is 14.6 Å². The Morgan fingerprint density at radius 3 is 2.61 bits per heavy atom. The number of nitrogens with one attached hydrogen (secondary N) is 1. The molecular formula is C18H29Cl2N7O. The van der Waals surface area contributed by atoms with Crippen LogP contribution in [-0.4, -0.2) is 69.7 Å². The first kappa shape index (κ1) is 22.6. The second kappa shape index (κ2) is 10.2. The summed E-state index contributed by atoms with van der Waals surface area (Å²) in [6.07, 6.45) is 5.66. The summed E-state index contributed by atoms with van der Waals surface area (Å²) < 4.78 is 1.78. The predicted molar refractivity (Wildman–Crippen MR) is 114 cm³/mol. The molecule has 8 nitrogen and oxygen atoms in total. The summed E-state index contributed by atoms with van der Waals surface area (Å²) in [4.78, 5) is 25.4. The van der Waals surface area contributed by atoms with Crippen molar-refractivity contribution in [2.24, 2.45) is 5.92 Å². The highest BCUT2D eigenvalue weighted by molar-refractivity contribution is 5.85. The van der Waals surface area contributed by atoms with E-state index < -0.39 is 0 Å². The minimum Gasteiger partial charge on any atom is -0.353 e. The summed E-state index contributed by atoms with van der Waals surface area (Å²) in [6, 6.07) is 2.04. The van der Waals surface area contributed by atoms with Crippen LogP contribution in [0.25, 0.3) is 5.78 Å². The van der Waals surface area contributed by atoms with Crippen molar-refractivity contribution in [3.8, 4) is 0 Å². The van der Waals surface area contributed by atoms with Gasteiger partial charge in [0.15, 0.2) is 0 Å². The number of aromatic nitrogens is 4. The highest BCUT2D eigenvalue weighted by atomic mass is 35.5. The van der Waals surface area contributed by atoms with Gasteiger partial charge in [-0.3, -0.25) is 4.79 Å². The zero-order valence-corrected chi connectivity index (χ0v) is 17.8. The van der Waals surface area contributed by atoms with Crippen LogP contribution in [0.4, 0.5) is 5.82 Å². The maximum Gasteiger partial charge on any atom is 0.254 e. The molecule has 0 aliphatic carbocycles. The van der Waals surface area contributed by atoms with Crippen LogP contribution in [0.5, 0.6) is 0 Å². The maximum atomic E-state index is 12.6. The zero-order valence-electron chi connectivity index (χ0n) is 16.2. The summed E-state index contributed by atoms with van der Waals surface area (Å²) in [5.74, 6) is 2.65. The SMILES string of the molecule is Cc1cc(N2CCN(C(=O)CCC3CCNCC3)CC2)n2ncnc2n1.Cl.Cl. The normalized spacial score (nSPS) is 17.9. The molecule has 0 radical (unpaired) electrons. The van der Waals surface area contributed by atoms with E-state index in [1.54, 1.807) is 4.52 Å². The average molecular weight is 430 g/mol. The Kier molecular flexibility index (Phi) is 8.27. The molecule has 4 rings (SSSR count). The second-order valence-corrected chi connectivity index (χ2v) is 7.33. The fourth-order valence-corrected chi connectivity index (χ4v) is 3.98. The van der Waals surface area contributed by atoms with E-state index in [4.69, 9.17) is 0 Å². The van der Waals surface area contributed by atoms with Crippen molar-refractivity contribution in [1.82, 2.24) is 29.8 Å². The van der Waals surface area contributed by atoms with E-state index in [1.165, 1.54) is 19.2 Å². The predicted octanol–water partition coefficient (Wildman–Crippen LogP) is 1.70. The summed E-state index contributed by atoms with van der Waals surface area (Å²) in [7, 11) is 0. The number of amides is 1. The number of carbonyl (C=O) groups excluding carboxylic acids is 1. The monoisotopic (exact) mass is 429 g/mol. The van der Waals surface area contributed by atoms with Crippen molar-refractivity contribution in [2.75, 3.05) is 44.2 Å². The lowest BCUT2D eigenvalue weighted by Gasteiger charge is -2.36. The van der Waals surface area contributed by atoms with E-state index in [1.807, 2.05) is 17.9 Å². The van der Waals surface area contributed by atoms with E-state index in [2.05, 4.69) is 25.3 Å². The van der Waals surface area contributed by atoms with Crippen LogP contribution in [-0.2, 0) is 4.79 Å². The first-order chi connectivity index (χ1) is 12.7. The van der Waals surface area contributed by atoms with Gasteiger partial charge in [-0.05, 0) is 45.2 Å². The van der Waals surface area contributed by atoms with Crippen LogP contribution in [0, 0.1) is 12.8 Å². The van der Waals surface area contributed by atoms with Crippen LogP contribution in [0.2, 0.25) is 0 Å². The van der Waals surface area contributed by atoms with Crippen molar-refractivity contribution in [2.45, 2.75) is 32.6 Å². The zero-order chi connectivity index (χ0) is 17.9. The number of fused-ring (bicyclic) bond motifs is 1. The molecule has 1 amide bonds. The third kappa shape index (κ3) is 5.04. The lowest BCUT2D eigenvalue weighted by atomic mass is 9.93. The van der Waals surface area contributed by atoms with Crippen LogP contribution < -0.4 is 10.2 Å². The number of aryl methyl sites for hydroxylation is 1. The molecule has 0 spiro atoms. The smallest absolute Gasteiger partial charge is 0.254 e. The molecule has 0 saturated carbocycles. The van der Waals surface area contributed by atoms with Gasteiger partial charge >= 0.3 is 0 Å². The molecule has 2 aliphatic heterocycles. The van der Waals surface area contributed by atoms with Crippen molar-refractivity contribution >= 4 is 42.3 Å². The van der Waals surface area contributed by atoms with E-state index in [0.717, 1.165) is 57.2 Å². The Morgan fingerprint density at radius 1 is 1.18 bits per heavy atom. The minimum absolute atomic E-state index is 0. The molecule has 2 aromatic rings. The summed E-state index contributed by atoms with van der Waals surface area (Å²) >= 11 is 0. The van der Waals surface area contributed by atoms with E-state index >= 15 is 0 Å². The Balaban J connectivity index is 0.00000140.